The summed E-state index contributed by atoms with van der Waals surface area (Å²) in [6, 6.07) is 16.2. The summed E-state index contributed by atoms with van der Waals surface area (Å²) in [4.78, 5) is 18.0. The maximum absolute atomic E-state index is 12.7. The van der Waals surface area contributed by atoms with Gasteiger partial charge in [-0.1, -0.05) is 37.3 Å². The van der Waals surface area contributed by atoms with Crippen molar-refractivity contribution in [2.45, 2.75) is 12.8 Å². The minimum absolute atomic E-state index is 0.0214. The minimum atomic E-state index is -0.0453. The molecule has 0 saturated carbocycles. The summed E-state index contributed by atoms with van der Waals surface area (Å²) in [6.07, 6.45) is 0. The summed E-state index contributed by atoms with van der Waals surface area (Å²) in [6.45, 7) is 5.17. The predicted octanol–water partition coefficient (Wildman–Crippen LogP) is 3.39. The van der Waals surface area contributed by atoms with E-state index in [4.69, 9.17) is 4.74 Å². The van der Waals surface area contributed by atoms with Crippen molar-refractivity contribution < 1.29 is 4.74 Å². The van der Waals surface area contributed by atoms with Crippen molar-refractivity contribution in [1.82, 2.24) is 15.2 Å². The molecule has 0 bridgehead atoms. The molecule has 1 atom stereocenters. The Morgan fingerprint density at radius 2 is 1.86 bits per heavy atom. The second-order valence-corrected chi connectivity index (χ2v) is 7.32. The number of benzene rings is 2. The lowest BCUT2D eigenvalue weighted by Crippen LogP contribution is -2.36. The van der Waals surface area contributed by atoms with Crippen LogP contribution in [-0.4, -0.2) is 41.5 Å². The summed E-state index contributed by atoms with van der Waals surface area (Å²) in [5.41, 5.74) is 3.60. The molecule has 6 heteroatoms. The second-order valence-electron chi connectivity index (χ2n) is 7.32. The third-order valence-electron chi connectivity index (χ3n) is 5.61. The highest BCUT2D eigenvalue weighted by atomic mass is 16.5. The lowest BCUT2D eigenvalue weighted by Gasteiger charge is -2.26. The third-order valence-corrected chi connectivity index (χ3v) is 5.61. The Morgan fingerprint density at radius 3 is 2.64 bits per heavy atom. The van der Waals surface area contributed by atoms with E-state index in [2.05, 4.69) is 45.2 Å². The number of fused-ring (bicyclic) bond motifs is 2. The number of pyridine rings is 1. The Labute approximate surface area is 162 Å². The second kappa shape index (κ2) is 6.80. The van der Waals surface area contributed by atoms with Crippen LogP contribution in [0.1, 0.15) is 24.0 Å². The molecular formula is C22H22N4O2. The van der Waals surface area contributed by atoms with Crippen LogP contribution in [-0.2, 0) is 4.74 Å². The fourth-order valence-corrected chi connectivity index (χ4v) is 3.98. The molecule has 4 aromatic rings. The van der Waals surface area contributed by atoms with Crippen LogP contribution in [0.2, 0.25) is 0 Å². The van der Waals surface area contributed by atoms with E-state index in [1.54, 1.807) is 0 Å². The summed E-state index contributed by atoms with van der Waals surface area (Å²) in [7, 11) is 0. The molecule has 0 radical (unpaired) electrons. The zero-order valence-electron chi connectivity index (χ0n) is 15.7. The van der Waals surface area contributed by atoms with Gasteiger partial charge in [0.15, 0.2) is 5.82 Å². The van der Waals surface area contributed by atoms with Crippen LogP contribution >= 0.6 is 0 Å². The van der Waals surface area contributed by atoms with Crippen LogP contribution in [0.25, 0.3) is 21.8 Å². The highest BCUT2D eigenvalue weighted by Gasteiger charge is 2.18. The molecule has 6 nitrogen and oxygen atoms in total. The van der Waals surface area contributed by atoms with Crippen LogP contribution in [0, 0.1) is 0 Å². The highest BCUT2D eigenvalue weighted by molar-refractivity contribution is 6.00. The molecule has 1 unspecified atom stereocenters. The molecule has 1 aliphatic heterocycles. The van der Waals surface area contributed by atoms with Gasteiger partial charge in [0, 0.05) is 30.0 Å². The van der Waals surface area contributed by atoms with E-state index in [0.29, 0.717) is 13.2 Å². The fourth-order valence-electron chi connectivity index (χ4n) is 3.98. The van der Waals surface area contributed by atoms with Crippen LogP contribution in [0.3, 0.4) is 0 Å². The predicted molar refractivity (Wildman–Crippen MR) is 111 cm³/mol. The number of morpholine rings is 1. The van der Waals surface area contributed by atoms with E-state index in [9.17, 15) is 4.79 Å². The number of nitrogens with zero attached hydrogens (tertiary/aromatic N) is 2. The molecule has 3 heterocycles. The summed E-state index contributed by atoms with van der Waals surface area (Å²) in [5.74, 6) is 0.970. The first kappa shape index (κ1) is 17.0. The first-order chi connectivity index (χ1) is 13.7. The average molecular weight is 374 g/mol. The number of nitrogens with one attached hydrogen (secondary N) is 2. The molecule has 2 aromatic carbocycles. The standard InChI is InChI=1S/C22H22N4O2/c1-14(15-5-3-2-4-6-15)17-11-16-12-18-20(13-19(16)23-22(17)27)24-25-21(18)26-7-9-28-10-8-26/h2-6,11-14H,7-10H2,1H3,(H,23,27)(H,24,25). The van der Waals surface area contributed by atoms with Gasteiger partial charge in [-0.15, -0.1) is 0 Å². The number of rotatable bonds is 3. The Kier molecular flexibility index (Phi) is 4.13. The van der Waals surface area contributed by atoms with Crippen LogP contribution in [0.4, 0.5) is 5.82 Å². The fraction of sp³-hybridized carbons (Fsp3) is 0.273. The van der Waals surface area contributed by atoms with Gasteiger partial charge in [0.1, 0.15) is 0 Å². The molecule has 0 amide bonds. The topological polar surface area (TPSA) is 74.0 Å². The summed E-state index contributed by atoms with van der Waals surface area (Å²) in [5, 5.41) is 9.71. The number of aromatic nitrogens is 3. The van der Waals surface area contributed by atoms with E-state index in [1.807, 2.05) is 30.3 Å². The Balaban J connectivity index is 1.63. The lowest BCUT2D eigenvalue weighted by atomic mass is 9.93. The molecule has 142 valence electrons. The molecular weight excluding hydrogens is 352 g/mol. The van der Waals surface area contributed by atoms with E-state index in [0.717, 1.165) is 51.8 Å². The van der Waals surface area contributed by atoms with Gasteiger partial charge < -0.3 is 14.6 Å². The molecule has 2 N–H and O–H groups in total. The largest absolute Gasteiger partial charge is 0.378 e. The van der Waals surface area contributed by atoms with Gasteiger partial charge in [-0.25, -0.2) is 0 Å². The van der Waals surface area contributed by atoms with Crippen molar-refractivity contribution in [3.63, 3.8) is 0 Å². The van der Waals surface area contributed by atoms with Gasteiger partial charge in [-0.2, -0.15) is 5.10 Å². The van der Waals surface area contributed by atoms with Crippen molar-refractivity contribution in [1.29, 1.82) is 0 Å². The number of anilines is 1. The molecule has 2 aromatic heterocycles. The normalized spacial score (nSPS) is 16.0. The van der Waals surface area contributed by atoms with Crippen molar-refractivity contribution >= 4 is 27.6 Å². The number of hydrogen-bond acceptors (Lipinski definition) is 4. The monoisotopic (exact) mass is 374 g/mol. The van der Waals surface area contributed by atoms with Crippen LogP contribution in [0.5, 0.6) is 0 Å². The third kappa shape index (κ3) is 2.86. The zero-order valence-corrected chi connectivity index (χ0v) is 15.7. The highest BCUT2D eigenvalue weighted by Crippen LogP contribution is 2.30. The van der Waals surface area contributed by atoms with Crippen LogP contribution in [0.15, 0.2) is 53.3 Å². The average Bonchev–Trinajstić information content (AvgIpc) is 3.15. The summed E-state index contributed by atoms with van der Waals surface area (Å²) < 4.78 is 5.46. The zero-order chi connectivity index (χ0) is 19.1. The Hall–Kier alpha value is -3.12. The van der Waals surface area contributed by atoms with Gasteiger partial charge >= 0.3 is 0 Å². The van der Waals surface area contributed by atoms with Gasteiger partial charge in [0.2, 0.25) is 0 Å². The Morgan fingerprint density at radius 1 is 1.07 bits per heavy atom. The molecule has 0 spiro atoms. The SMILES string of the molecule is CC(c1ccccc1)c1cc2cc3c(N4CCOCC4)n[nH]c3cc2[nH]c1=O. The van der Waals surface area contributed by atoms with Crippen molar-refractivity contribution in [3.8, 4) is 0 Å². The van der Waals surface area contributed by atoms with Crippen LogP contribution < -0.4 is 10.5 Å². The van der Waals surface area contributed by atoms with Crippen molar-refractivity contribution in [2.75, 3.05) is 31.2 Å². The molecule has 1 fully saturated rings. The minimum Gasteiger partial charge on any atom is -0.378 e. The molecule has 1 saturated heterocycles. The first-order valence-corrected chi connectivity index (χ1v) is 9.63. The van der Waals surface area contributed by atoms with Crippen molar-refractivity contribution in [3.05, 3.63) is 70.0 Å². The number of aromatic amines is 2. The number of H-pyrrole nitrogens is 2. The van der Waals surface area contributed by atoms with Crippen molar-refractivity contribution in [2.24, 2.45) is 0 Å². The Bertz CT molecular complexity index is 1190. The number of hydrogen-bond donors (Lipinski definition) is 2. The maximum Gasteiger partial charge on any atom is 0.252 e. The molecule has 28 heavy (non-hydrogen) atoms. The smallest absolute Gasteiger partial charge is 0.252 e. The van der Waals surface area contributed by atoms with E-state index in [-0.39, 0.29) is 11.5 Å². The van der Waals surface area contributed by atoms with Gasteiger partial charge in [-0.3, -0.25) is 9.89 Å². The first-order valence-electron chi connectivity index (χ1n) is 9.63. The quantitative estimate of drug-likeness (QED) is 0.576. The summed E-state index contributed by atoms with van der Waals surface area (Å²) >= 11 is 0. The lowest BCUT2D eigenvalue weighted by molar-refractivity contribution is 0.122. The van der Waals surface area contributed by atoms with E-state index in [1.165, 1.54) is 0 Å². The van der Waals surface area contributed by atoms with Gasteiger partial charge in [-0.05, 0) is 29.1 Å². The molecule has 0 aliphatic carbocycles. The molecule has 1 aliphatic rings. The number of ether oxygens (including phenoxy) is 1. The molecule has 5 rings (SSSR count). The van der Waals surface area contributed by atoms with E-state index >= 15 is 0 Å². The van der Waals surface area contributed by atoms with Gasteiger partial charge in [0.05, 0.1) is 24.2 Å². The van der Waals surface area contributed by atoms with Gasteiger partial charge in [0.25, 0.3) is 5.56 Å². The van der Waals surface area contributed by atoms with E-state index < -0.39 is 0 Å². The maximum atomic E-state index is 12.7.